The number of hydrogen-bond acceptors (Lipinski definition) is 2. The molecule has 0 unspecified atom stereocenters. The third-order valence-electron chi connectivity index (χ3n) is 2.12. The van der Waals surface area contributed by atoms with Crippen molar-refractivity contribution in [2.24, 2.45) is 0 Å². The Morgan fingerprint density at radius 3 is 2.47 bits per heavy atom. The van der Waals surface area contributed by atoms with E-state index in [9.17, 15) is 5.11 Å². The summed E-state index contributed by atoms with van der Waals surface area (Å²) < 4.78 is 0. The fourth-order valence-electron chi connectivity index (χ4n) is 1.38. The van der Waals surface area contributed by atoms with Gasteiger partial charge in [0.2, 0.25) is 0 Å². The highest BCUT2D eigenvalue weighted by Gasteiger charge is 2.06. The van der Waals surface area contributed by atoms with Gasteiger partial charge in [0.05, 0.1) is 5.69 Å². The third kappa shape index (κ3) is 2.18. The standard InChI is InChI=1S/C12H10BrNO/c13-8-10-6-7-11(15)12(14-10)9-4-2-1-3-5-9/h1-7,15H,8H2. The lowest BCUT2D eigenvalue weighted by atomic mass is 10.1. The van der Waals surface area contributed by atoms with Gasteiger partial charge in [-0.1, -0.05) is 46.3 Å². The Labute approximate surface area is 96.7 Å². The second-order valence-corrected chi connectivity index (χ2v) is 3.73. The first-order valence-corrected chi connectivity index (χ1v) is 5.73. The van der Waals surface area contributed by atoms with E-state index in [1.54, 1.807) is 12.1 Å². The second kappa shape index (κ2) is 4.45. The monoisotopic (exact) mass is 263 g/mol. The van der Waals surface area contributed by atoms with Crippen LogP contribution in [0.15, 0.2) is 42.5 Å². The number of alkyl halides is 1. The van der Waals surface area contributed by atoms with E-state index in [-0.39, 0.29) is 5.75 Å². The van der Waals surface area contributed by atoms with Crippen LogP contribution in [0.3, 0.4) is 0 Å². The molecule has 0 aliphatic carbocycles. The summed E-state index contributed by atoms with van der Waals surface area (Å²) in [5.41, 5.74) is 2.47. The van der Waals surface area contributed by atoms with Gasteiger partial charge < -0.3 is 5.11 Å². The number of pyridine rings is 1. The normalized spacial score (nSPS) is 10.2. The van der Waals surface area contributed by atoms with Crippen molar-refractivity contribution in [2.75, 3.05) is 0 Å². The van der Waals surface area contributed by atoms with E-state index in [0.717, 1.165) is 11.3 Å². The molecular formula is C12H10BrNO. The van der Waals surface area contributed by atoms with E-state index in [2.05, 4.69) is 20.9 Å². The average molecular weight is 264 g/mol. The molecule has 0 bridgehead atoms. The number of halogens is 1. The van der Waals surface area contributed by atoms with E-state index >= 15 is 0 Å². The first kappa shape index (κ1) is 10.2. The molecule has 0 saturated heterocycles. The van der Waals surface area contributed by atoms with Crippen molar-refractivity contribution in [3.05, 3.63) is 48.2 Å². The summed E-state index contributed by atoms with van der Waals surface area (Å²) in [6, 6.07) is 13.1. The highest BCUT2D eigenvalue weighted by molar-refractivity contribution is 9.08. The van der Waals surface area contributed by atoms with Crippen LogP contribution in [0.4, 0.5) is 0 Å². The molecule has 2 aromatic rings. The van der Waals surface area contributed by atoms with E-state index < -0.39 is 0 Å². The van der Waals surface area contributed by atoms with Gasteiger partial charge in [-0.2, -0.15) is 0 Å². The lowest BCUT2D eigenvalue weighted by Gasteiger charge is -2.05. The minimum absolute atomic E-state index is 0.214. The maximum atomic E-state index is 9.71. The van der Waals surface area contributed by atoms with Crippen molar-refractivity contribution >= 4 is 15.9 Å². The van der Waals surface area contributed by atoms with Crippen LogP contribution in [0.2, 0.25) is 0 Å². The van der Waals surface area contributed by atoms with Gasteiger partial charge in [-0.15, -0.1) is 0 Å². The van der Waals surface area contributed by atoms with Crippen LogP contribution >= 0.6 is 15.9 Å². The predicted octanol–water partition coefficient (Wildman–Crippen LogP) is 3.35. The summed E-state index contributed by atoms with van der Waals surface area (Å²) in [7, 11) is 0. The number of aromatic hydroxyl groups is 1. The fourth-order valence-corrected chi connectivity index (χ4v) is 1.69. The maximum Gasteiger partial charge on any atom is 0.141 e. The maximum absolute atomic E-state index is 9.71. The molecule has 1 heterocycles. The lowest BCUT2D eigenvalue weighted by molar-refractivity contribution is 0.474. The van der Waals surface area contributed by atoms with Gasteiger partial charge in [-0.05, 0) is 12.1 Å². The topological polar surface area (TPSA) is 33.1 Å². The van der Waals surface area contributed by atoms with Gasteiger partial charge in [0.15, 0.2) is 0 Å². The Morgan fingerprint density at radius 1 is 1.07 bits per heavy atom. The molecule has 1 aromatic carbocycles. The smallest absolute Gasteiger partial charge is 0.141 e. The summed E-state index contributed by atoms with van der Waals surface area (Å²) in [5, 5.41) is 10.4. The zero-order valence-electron chi connectivity index (χ0n) is 8.02. The molecule has 0 aliphatic heterocycles. The first-order valence-electron chi connectivity index (χ1n) is 4.61. The van der Waals surface area contributed by atoms with Crippen molar-refractivity contribution in [1.82, 2.24) is 4.98 Å². The molecule has 2 nitrogen and oxygen atoms in total. The summed E-state index contributed by atoms with van der Waals surface area (Å²) >= 11 is 3.34. The van der Waals surface area contributed by atoms with Gasteiger partial charge in [-0.25, -0.2) is 4.98 Å². The molecule has 1 N–H and O–H groups in total. The molecule has 3 heteroatoms. The van der Waals surface area contributed by atoms with E-state index in [4.69, 9.17) is 0 Å². The molecule has 0 spiro atoms. The van der Waals surface area contributed by atoms with E-state index in [1.165, 1.54) is 0 Å². The van der Waals surface area contributed by atoms with Crippen LogP contribution in [0, 0.1) is 0 Å². The molecule has 0 amide bonds. The third-order valence-corrected chi connectivity index (χ3v) is 2.69. The molecule has 0 atom stereocenters. The highest BCUT2D eigenvalue weighted by Crippen LogP contribution is 2.27. The highest BCUT2D eigenvalue weighted by atomic mass is 79.9. The summed E-state index contributed by atoms with van der Waals surface area (Å²) in [6.45, 7) is 0. The molecule has 0 fully saturated rings. The van der Waals surface area contributed by atoms with Gasteiger partial charge in [-0.3, -0.25) is 0 Å². The zero-order valence-corrected chi connectivity index (χ0v) is 9.61. The number of hydrogen-bond donors (Lipinski definition) is 1. The van der Waals surface area contributed by atoms with Crippen molar-refractivity contribution < 1.29 is 5.11 Å². The summed E-state index contributed by atoms with van der Waals surface area (Å²) in [6.07, 6.45) is 0. The van der Waals surface area contributed by atoms with Crippen molar-refractivity contribution in [3.63, 3.8) is 0 Å². The van der Waals surface area contributed by atoms with Crippen LogP contribution < -0.4 is 0 Å². The minimum Gasteiger partial charge on any atom is -0.506 e. The van der Waals surface area contributed by atoms with Crippen LogP contribution in [0.25, 0.3) is 11.3 Å². The van der Waals surface area contributed by atoms with E-state index in [0.29, 0.717) is 11.0 Å². The van der Waals surface area contributed by atoms with Gasteiger partial charge in [0.25, 0.3) is 0 Å². The fraction of sp³-hybridized carbons (Fsp3) is 0.0833. The molecule has 76 valence electrons. The molecule has 0 aliphatic rings. The molecule has 2 rings (SSSR count). The molecular weight excluding hydrogens is 254 g/mol. The second-order valence-electron chi connectivity index (χ2n) is 3.17. The number of nitrogens with zero attached hydrogens (tertiary/aromatic N) is 1. The SMILES string of the molecule is Oc1ccc(CBr)nc1-c1ccccc1. The average Bonchev–Trinajstić information content (AvgIpc) is 2.31. The summed E-state index contributed by atoms with van der Waals surface area (Å²) in [4.78, 5) is 4.36. The van der Waals surface area contributed by atoms with Gasteiger partial charge in [0, 0.05) is 10.9 Å². The molecule has 1 aromatic heterocycles. The van der Waals surface area contributed by atoms with Crippen molar-refractivity contribution in [3.8, 4) is 17.0 Å². The van der Waals surface area contributed by atoms with Gasteiger partial charge >= 0.3 is 0 Å². The van der Waals surface area contributed by atoms with Crippen molar-refractivity contribution in [1.29, 1.82) is 0 Å². The van der Waals surface area contributed by atoms with Crippen LogP contribution in [0.1, 0.15) is 5.69 Å². The zero-order chi connectivity index (χ0) is 10.7. The van der Waals surface area contributed by atoms with Crippen molar-refractivity contribution in [2.45, 2.75) is 5.33 Å². The Morgan fingerprint density at radius 2 is 1.80 bits per heavy atom. The quantitative estimate of drug-likeness (QED) is 0.844. The molecule has 15 heavy (non-hydrogen) atoms. The summed E-state index contributed by atoms with van der Waals surface area (Å²) in [5.74, 6) is 0.214. The van der Waals surface area contributed by atoms with E-state index in [1.807, 2.05) is 30.3 Å². The lowest BCUT2D eigenvalue weighted by Crippen LogP contribution is -1.89. The Kier molecular flexibility index (Phi) is 3.02. The molecule has 0 saturated carbocycles. The Hall–Kier alpha value is -1.35. The number of aromatic nitrogens is 1. The van der Waals surface area contributed by atoms with Crippen LogP contribution in [-0.4, -0.2) is 10.1 Å². The molecule has 0 radical (unpaired) electrons. The predicted molar refractivity (Wildman–Crippen MR) is 64.0 cm³/mol. The number of rotatable bonds is 2. The van der Waals surface area contributed by atoms with Gasteiger partial charge in [0.1, 0.15) is 11.4 Å². The first-order chi connectivity index (χ1) is 7.31. The van der Waals surface area contributed by atoms with Crippen LogP contribution in [-0.2, 0) is 5.33 Å². The minimum atomic E-state index is 0.214. The Bertz CT molecular complexity index is 456. The largest absolute Gasteiger partial charge is 0.506 e. The number of benzene rings is 1. The Balaban J connectivity index is 2.52. The van der Waals surface area contributed by atoms with Crippen LogP contribution in [0.5, 0.6) is 5.75 Å².